The number of ether oxygens (including phenoxy) is 2. The minimum Gasteiger partial charge on any atom is -0.463 e. The summed E-state index contributed by atoms with van der Waals surface area (Å²) in [4.78, 5) is 23.1. The molecule has 0 aromatic rings. The molecule has 1 atom stereocenters. The molecule has 4 heteroatoms. The van der Waals surface area contributed by atoms with Gasteiger partial charge in [0.15, 0.2) is 0 Å². The van der Waals surface area contributed by atoms with Gasteiger partial charge >= 0.3 is 11.9 Å². The van der Waals surface area contributed by atoms with Gasteiger partial charge in [-0.05, 0) is 40.0 Å². The molecule has 4 nitrogen and oxygen atoms in total. The van der Waals surface area contributed by atoms with Crippen LogP contribution in [0.5, 0.6) is 0 Å². The van der Waals surface area contributed by atoms with Crippen LogP contribution >= 0.6 is 0 Å². The second-order valence-electron chi connectivity index (χ2n) is 9.87. The lowest BCUT2D eigenvalue weighted by atomic mass is 9.98. The maximum absolute atomic E-state index is 11.6. The molecule has 0 radical (unpaired) electrons. The summed E-state index contributed by atoms with van der Waals surface area (Å²) in [6, 6.07) is 0. The predicted molar refractivity (Wildman–Crippen MR) is 130 cm³/mol. The molecule has 0 bridgehead atoms. The summed E-state index contributed by atoms with van der Waals surface area (Å²) in [6.45, 7) is 9.77. The zero-order chi connectivity index (χ0) is 23.3. The molecule has 0 aromatic carbocycles. The van der Waals surface area contributed by atoms with Crippen LogP contribution in [0.4, 0.5) is 0 Å². The Morgan fingerprint density at radius 1 is 0.516 bits per heavy atom. The lowest BCUT2D eigenvalue weighted by molar-refractivity contribution is -0.149. The van der Waals surface area contributed by atoms with Crippen LogP contribution < -0.4 is 0 Å². The van der Waals surface area contributed by atoms with E-state index in [1.165, 1.54) is 77.0 Å². The number of esters is 2. The smallest absolute Gasteiger partial charge is 0.306 e. The van der Waals surface area contributed by atoms with Crippen LogP contribution in [0, 0.1) is 5.92 Å². The topological polar surface area (TPSA) is 52.6 Å². The quantitative estimate of drug-likeness (QED) is 0.133. The van der Waals surface area contributed by atoms with Crippen LogP contribution in [0.25, 0.3) is 0 Å². The van der Waals surface area contributed by atoms with E-state index in [4.69, 9.17) is 9.47 Å². The van der Waals surface area contributed by atoms with E-state index in [2.05, 4.69) is 6.92 Å². The minimum atomic E-state index is -0.0498. The number of carbonyl (C=O) groups is 2. The van der Waals surface area contributed by atoms with Gasteiger partial charge in [-0.1, -0.05) is 96.8 Å². The van der Waals surface area contributed by atoms with E-state index in [1.807, 2.05) is 27.7 Å². The summed E-state index contributed by atoms with van der Waals surface area (Å²) in [6.07, 6.45) is 20.3. The summed E-state index contributed by atoms with van der Waals surface area (Å²) in [7, 11) is 0. The number of hydrogen-bond acceptors (Lipinski definition) is 4. The third kappa shape index (κ3) is 23.4. The lowest BCUT2D eigenvalue weighted by Gasteiger charge is -2.12. The van der Waals surface area contributed by atoms with E-state index in [-0.39, 0.29) is 24.1 Å². The zero-order valence-electron chi connectivity index (χ0n) is 21.4. The Kier molecular flexibility index (Phi) is 20.1. The molecule has 1 unspecified atom stereocenters. The molecule has 0 fully saturated rings. The summed E-state index contributed by atoms with van der Waals surface area (Å²) < 4.78 is 10.4. The van der Waals surface area contributed by atoms with E-state index in [0.717, 1.165) is 19.3 Å². The molecule has 0 aromatic heterocycles. The van der Waals surface area contributed by atoms with Crippen molar-refractivity contribution in [1.29, 1.82) is 0 Å². The Labute approximate surface area is 193 Å². The maximum atomic E-state index is 11.6. The van der Waals surface area contributed by atoms with E-state index in [1.54, 1.807) is 0 Å². The molecule has 0 rings (SSSR count). The van der Waals surface area contributed by atoms with Crippen molar-refractivity contribution in [2.45, 2.75) is 156 Å². The summed E-state index contributed by atoms with van der Waals surface area (Å²) in [5, 5.41) is 0. The van der Waals surface area contributed by atoms with Gasteiger partial charge in [0.2, 0.25) is 0 Å². The highest BCUT2D eigenvalue weighted by Gasteiger charge is 2.11. The standard InChI is InChI=1S/C27H52O4/c1-23(2)30-26(28)21-19-17-15-13-11-9-7-6-8-10-12-14-16-18-20-25(5)22-27(29)31-24(3)4/h23-25H,6-22H2,1-5H3. The summed E-state index contributed by atoms with van der Waals surface area (Å²) >= 11 is 0. The van der Waals surface area contributed by atoms with Crippen molar-refractivity contribution in [3.8, 4) is 0 Å². The molecule has 0 amide bonds. The van der Waals surface area contributed by atoms with Gasteiger partial charge < -0.3 is 9.47 Å². The molecule has 0 saturated heterocycles. The molecule has 0 spiro atoms. The van der Waals surface area contributed by atoms with Crippen LogP contribution in [0.15, 0.2) is 0 Å². The predicted octanol–water partition coefficient (Wildman–Crippen LogP) is 8.16. The average Bonchev–Trinajstić information content (AvgIpc) is 2.66. The maximum Gasteiger partial charge on any atom is 0.306 e. The van der Waals surface area contributed by atoms with Crippen LogP contribution in [0.2, 0.25) is 0 Å². The molecule has 31 heavy (non-hydrogen) atoms. The van der Waals surface area contributed by atoms with Crippen molar-refractivity contribution in [2.24, 2.45) is 5.92 Å². The first-order chi connectivity index (χ1) is 14.8. The Balaban J connectivity index is 3.25. The van der Waals surface area contributed by atoms with Crippen molar-refractivity contribution < 1.29 is 19.1 Å². The Bertz CT molecular complexity index is 431. The molecule has 184 valence electrons. The number of hydrogen-bond donors (Lipinski definition) is 0. The Morgan fingerprint density at radius 2 is 0.871 bits per heavy atom. The Morgan fingerprint density at radius 3 is 1.29 bits per heavy atom. The molecular formula is C27H52O4. The van der Waals surface area contributed by atoms with E-state index < -0.39 is 0 Å². The summed E-state index contributed by atoms with van der Waals surface area (Å²) in [5.74, 6) is 0.340. The van der Waals surface area contributed by atoms with E-state index in [0.29, 0.717) is 18.8 Å². The molecular weight excluding hydrogens is 388 g/mol. The van der Waals surface area contributed by atoms with Crippen LogP contribution in [0.3, 0.4) is 0 Å². The second kappa shape index (κ2) is 20.8. The molecule has 0 saturated carbocycles. The molecule has 0 N–H and O–H groups in total. The number of unbranched alkanes of at least 4 members (excludes halogenated alkanes) is 13. The van der Waals surface area contributed by atoms with Crippen molar-refractivity contribution in [3.63, 3.8) is 0 Å². The second-order valence-corrected chi connectivity index (χ2v) is 9.87. The van der Waals surface area contributed by atoms with Gasteiger partial charge in [-0.15, -0.1) is 0 Å². The van der Waals surface area contributed by atoms with Gasteiger partial charge in [0.05, 0.1) is 12.2 Å². The normalized spacial score (nSPS) is 12.4. The molecule has 0 aliphatic rings. The largest absolute Gasteiger partial charge is 0.463 e. The first-order valence-electron chi connectivity index (χ1n) is 13.2. The SMILES string of the molecule is CC(CCCCCCCCCCCCCCCCC(=O)OC(C)C)CC(=O)OC(C)C. The van der Waals surface area contributed by atoms with Gasteiger partial charge in [0.1, 0.15) is 0 Å². The number of carbonyl (C=O) groups excluding carboxylic acids is 2. The van der Waals surface area contributed by atoms with Crippen LogP contribution in [0.1, 0.15) is 144 Å². The highest BCUT2D eigenvalue weighted by atomic mass is 16.5. The third-order valence-corrected chi connectivity index (χ3v) is 5.58. The zero-order valence-corrected chi connectivity index (χ0v) is 21.4. The van der Waals surface area contributed by atoms with Gasteiger partial charge in [-0.25, -0.2) is 0 Å². The van der Waals surface area contributed by atoms with Gasteiger partial charge in [-0.2, -0.15) is 0 Å². The van der Waals surface area contributed by atoms with Crippen molar-refractivity contribution in [2.75, 3.05) is 0 Å². The minimum absolute atomic E-state index is 0.00191. The monoisotopic (exact) mass is 440 g/mol. The van der Waals surface area contributed by atoms with E-state index in [9.17, 15) is 9.59 Å². The van der Waals surface area contributed by atoms with Gasteiger partial charge in [0.25, 0.3) is 0 Å². The first kappa shape index (κ1) is 29.9. The average molecular weight is 441 g/mol. The molecule has 0 aliphatic heterocycles. The summed E-state index contributed by atoms with van der Waals surface area (Å²) in [5.41, 5.74) is 0. The van der Waals surface area contributed by atoms with Gasteiger partial charge in [-0.3, -0.25) is 9.59 Å². The fraction of sp³-hybridized carbons (Fsp3) is 0.926. The van der Waals surface area contributed by atoms with Crippen molar-refractivity contribution >= 4 is 11.9 Å². The molecule has 0 heterocycles. The highest BCUT2D eigenvalue weighted by molar-refractivity contribution is 5.69. The van der Waals surface area contributed by atoms with Crippen LogP contribution in [-0.4, -0.2) is 24.1 Å². The van der Waals surface area contributed by atoms with Crippen molar-refractivity contribution in [1.82, 2.24) is 0 Å². The van der Waals surface area contributed by atoms with Crippen molar-refractivity contribution in [3.05, 3.63) is 0 Å². The Hall–Kier alpha value is -1.06. The third-order valence-electron chi connectivity index (χ3n) is 5.58. The van der Waals surface area contributed by atoms with E-state index >= 15 is 0 Å². The fourth-order valence-electron chi connectivity index (χ4n) is 3.90. The van der Waals surface area contributed by atoms with Gasteiger partial charge in [0, 0.05) is 12.8 Å². The fourth-order valence-corrected chi connectivity index (χ4v) is 3.90. The highest BCUT2D eigenvalue weighted by Crippen LogP contribution is 2.17. The lowest BCUT2D eigenvalue weighted by Crippen LogP contribution is -2.14. The first-order valence-corrected chi connectivity index (χ1v) is 13.2. The van der Waals surface area contributed by atoms with Crippen LogP contribution in [-0.2, 0) is 19.1 Å². The number of rotatable bonds is 21. The molecule has 0 aliphatic carbocycles.